The molecular weight excluding hydrogens is 373 g/mol. The zero-order valence-corrected chi connectivity index (χ0v) is 14.3. The Morgan fingerprint density at radius 2 is 1.76 bits per heavy atom. The highest BCUT2D eigenvalue weighted by molar-refractivity contribution is 9.10. The van der Waals surface area contributed by atoms with E-state index in [0.717, 1.165) is 26.8 Å². The van der Waals surface area contributed by atoms with Crippen LogP contribution in [0.15, 0.2) is 51.4 Å². The summed E-state index contributed by atoms with van der Waals surface area (Å²) in [6.45, 7) is 0. The molecule has 0 amide bonds. The Balaban J connectivity index is 2.09. The molecule has 3 rings (SSSR count). The molecular formula is C16H12BrCl2NO. The summed E-state index contributed by atoms with van der Waals surface area (Å²) in [6, 6.07) is 13.3. The standard InChI is InChI=1S/C16H12BrCl2NO/c1-20-16(12-4-2-11(19)8-13(12)17)15-7-9-6-10(18)3-5-14(9)21-15/h2-8,16,20H,1H3. The van der Waals surface area contributed by atoms with E-state index in [1.165, 1.54) is 0 Å². The van der Waals surface area contributed by atoms with Crippen molar-refractivity contribution in [1.82, 2.24) is 5.32 Å². The highest BCUT2D eigenvalue weighted by atomic mass is 79.9. The van der Waals surface area contributed by atoms with Crippen LogP contribution in [-0.4, -0.2) is 7.05 Å². The van der Waals surface area contributed by atoms with Crippen molar-refractivity contribution in [2.75, 3.05) is 7.05 Å². The van der Waals surface area contributed by atoms with E-state index < -0.39 is 0 Å². The molecule has 0 spiro atoms. The summed E-state index contributed by atoms with van der Waals surface area (Å²) in [5.41, 5.74) is 1.88. The van der Waals surface area contributed by atoms with E-state index in [1.54, 1.807) is 0 Å². The maximum absolute atomic E-state index is 6.02. The van der Waals surface area contributed by atoms with Gasteiger partial charge >= 0.3 is 0 Å². The zero-order chi connectivity index (χ0) is 15.0. The molecule has 0 radical (unpaired) electrons. The second-order valence-corrected chi connectivity index (χ2v) is 6.45. The normalized spacial score (nSPS) is 12.8. The van der Waals surface area contributed by atoms with Crippen LogP contribution in [0.3, 0.4) is 0 Å². The Morgan fingerprint density at radius 1 is 1.05 bits per heavy atom. The molecule has 108 valence electrons. The van der Waals surface area contributed by atoms with Gasteiger partial charge in [-0.15, -0.1) is 0 Å². The molecule has 0 saturated carbocycles. The molecule has 0 aliphatic rings. The molecule has 0 aliphatic carbocycles. The molecule has 0 bridgehead atoms. The van der Waals surface area contributed by atoms with Crippen LogP contribution in [0.1, 0.15) is 17.4 Å². The average molecular weight is 385 g/mol. The van der Waals surface area contributed by atoms with Crippen molar-refractivity contribution in [2.45, 2.75) is 6.04 Å². The molecule has 1 atom stereocenters. The molecule has 1 aromatic heterocycles. The van der Waals surface area contributed by atoms with Crippen molar-refractivity contribution < 1.29 is 4.42 Å². The fraction of sp³-hybridized carbons (Fsp3) is 0.125. The van der Waals surface area contributed by atoms with Crippen LogP contribution in [0.5, 0.6) is 0 Å². The number of rotatable bonds is 3. The first-order valence-electron chi connectivity index (χ1n) is 6.39. The largest absolute Gasteiger partial charge is 0.459 e. The topological polar surface area (TPSA) is 25.2 Å². The average Bonchev–Trinajstić information content (AvgIpc) is 2.84. The van der Waals surface area contributed by atoms with Gasteiger partial charge in [0.25, 0.3) is 0 Å². The maximum Gasteiger partial charge on any atom is 0.134 e. The van der Waals surface area contributed by atoms with Gasteiger partial charge in [-0.05, 0) is 49.0 Å². The minimum atomic E-state index is -0.0668. The van der Waals surface area contributed by atoms with E-state index in [1.807, 2.05) is 49.5 Å². The number of halogens is 3. The molecule has 0 fully saturated rings. The lowest BCUT2D eigenvalue weighted by molar-refractivity contribution is 0.491. The Kier molecular flexibility index (Phi) is 4.27. The van der Waals surface area contributed by atoms with Crippen LogP contribution in [0.4, 0.5) is 0 Å². The molecule has 0 aliphatic heterocycles. The number of benzene rings is 2. The lowest BCUT2D eigenvalue weighted by atomic mass is 10.0. The first-order chi connectivity index (χ1) is 10.1. The first kappa shape index (κ1) is 14.9. The third kappa shape index (κ3) is 2.97. The van der Waals surface area contributed by atoms with Crippen molar-refractivity contribution in [3.63, 3.8) is 0 Å². The predicted molar refractivity (Wildman–Crippen MR) is 91.3 cm³/mol. The lowest BCUT2D eigenvalue weighted by Crippen LogP contribution is -2.17. The van der Waals surface area contributed by atoms with Crippen LogP contribution in [0.25, 0.3) is 11.0 Å². The molecule has 21 heavy (non-hydrogen) atoms. The van der Waals surface area contributed by atoms with E-state index in [9.17, 15) is 0 Å². The summed E-state index contributed by atoms with van der Waals surface area (Å²) >= 11 is 15.6. The molecule has 2 aromatic carbocycles. The third-order valence-corrected chi connectivity index (χ3v) is 4.50. The highest BCUT2D eigenvalue weighted by Gasteiger charge is 2.19. The Morgan fingerprint density at radius 3 is 2.48 bits per heavy atom. The minimum Gasteiger partial charge on any atom is -0.459 e. The van der Waals surface area contributed by atoms with Gasteiger partial charge in [-0.3, -0.25) is 0 Å². The minimum absolute atomic E-state index is 0.0668. The summed E-state index contributed by atoms with van der Waals surface area (Å²) in [4.78, 5) is 0. The second kappa shape index (κ2) is 6.01. The van der Waals surface area contributed by atoms with E-state index in [-0.39, 0.29) is 6.04 Å². The van der Waals surface area contributed by atoms with Crippen LogP contribution < -0.4 is 5.32 Å². The van der Waals surface area contributed by atoms with Crippen LogP contribution in [0.2, 0.25) is 10.0 Å². The lowest BCUT2D eigenvalue weighted by Gasteiger charge is -2.16. The molecule has 1 N–H and O–H groups in total. The number of hydrogen-bond donors (Lipinski definition) is 1. The van der Waals surface area contributed by atoms with Crippen molar-refractivity contribution in [1.29, 1.82) is 0 Å². The second-order valence-electron chi connectivity index (χ2n) is 4.72. The fourth-order valence-electron chi connectivity index (χ4n) is 2.36. The number of fused-ring (bicyclic) bond motifs is 1. The summed E-state index contributed by atoms with van der Waals surface area (Å²) in [5.74, 6) is 0.831. The summed E-state index contributed by atoms with van der Waals surface area (Å²) in [6.07, 6.45) is 0. The number of hydrogen-bond acceptors (Lipinski definition) is 2. The molecule has 2 nitrogen and oxygen atoms in total. The van der Waals surface area contributed by atoms with Crippen molar-refractivity contribution >= 4 is 50.1 Å². The van der Waals surface area contributed by atoms with Gasteiger partial charge in [0.1, 0.15) is 11.3 Å². The first-order valence-corrected chi connectivity index (χ1v) is 7.94. The number of furan rings is 1. The van der Waals surface area contributed by atoms with Gasteiger partial charge in [0.15, 0.2) is 0 Å². The van der Waals surface area contributed by atoms with Gasteiger partial charge in [0.2, 0.25) is 0 Å². The van der Waals surface area contributed by atoms with Gasteiger partial charge < -0.3 is 9.73 Å². The van der Waals surface area contributed by atoms with Gasteiger partial charge in [-0.1, -0.05) is 45.2 Å². The molecule has 1 heterocycles. The van der Waals surface area contributed by atoms with Gasteiger partial charge in [-0.25, -0.2) is 0 Å². The van der Waals surface area contributed by atoms with Crippen molar-refractivity contribution in [2.24, 2.45) is 0 Å². The van der Waals surface area contributed by atoms with Gasteiger partial charge in [-0.2, -0.15) is 0 Å². The Labute approximate surface area is 141 Å². The monoisotopic (exact) mass is 383 g/mol. The van der Waals surface area contributed by atoms with E-state index in [2.05, 4.69) is 21.2 Å². The summed E-state index contributed by atoms with van der Waals surface area (Å²) < 4.78 is 6.88. The Hall–Kier alpha value is -1.000. The van der Waals surface area contributed by atoms with Gasteiger partial charge in [0.05, 0.1) is 6.04 Å². The van der Waals surface area contributed by atoms with E-state index in [0.29, 0.717) is 10.0 Å². The maximum atomic E-state index is 6.02. The van der Waals surface area contributed by atoms with Gasteiger partial charge in [0, 0.05) is 19.9 Å². The Bertz CT molecular complexity index is 800. The fourth-order valence-corrected chi connectivity index (χ4v) is 3.46. The zero-order valence-electron chi connectivity index (χ0n) is 11.2. The van der Waals surface area contributed by atoms with E-state index in [4.69, 9.17) is 27.6 Å². The SMILES string of the molecule is CNC(c1cc2cc(Cl)ccc2o1)c1ccc(Cl)cc1Br. The molecule has 1 unspecified atom stereocenters. The number of nitrogens with one attached hydrogen (secondary N) is 1. The molecule has 3 aromatic rings. The van der Waals surface area contributed by atoms with Crippen LogP contribution in [-0.2, 0) is 0 Å². The van der Waals surface area contributed by atoms with E-state index >= 15 is 0 Å². The smallest absolute Gasteiger partial charge is 0.134 e. The van der Waals surface area contributed by atoms with Crippen molar-refractivity contribution in [3.8, 4) is 0 Å². The molecule has 5 heteroatoms. The van der Waals surface area contributed by atoms with Crippen LogP contribution in [0, 0.1) is 0 Å². The third-order valence-electron chi connectivity index (χ3n) is 3.34. The van der Waals surface area contributed by atoms with Crippen LogP contribution >= 0.6 is 39.1 Å². The predicted octanol–water partition coefficient (Wildman–Crippen LogP) is 5.81. The quantitative estimate of drug-likeness (QED) is 0.616. The summed E-state index contributed by atoms with van der Waals surface area (Å²) in [5, 5.41) is 5.65. The van der Waals surface area contributed by atoms with Crippen molar-refractivity contribution in [3.05, 3.63) is 68.3 Å². The molecule has 0 saturated heterocycles. The highest BCUT2D eigenvalue weighted by Crippen LogP contribution is 2.33. The summed E-state index contributed by atoms with van der Waals surface area (Å²) in [7, 11) is 1.89.